The Morgan fingerprint density at radius 2 is 1.77 bits per heavy atom. The quantitative estimate of drug-likeness (QED) is 0.409. The van der Waals surface area contributed by atoms with Gasteiger partial charge in [0.2, 0.25) is 5.91 Å². The highest BCUT2D eigenvalue weighted by Crippen LogP contribution is 2.20. The maximum Gasteiger partial charge on any atom is 0.269 e. The van der Waals surface area contributed by atoms with E-state index in [0.29, 0.717) is 6.54 Å². The molecule has 8 heteroatoms. The first kappa shape index (κ1) is 21.3. The molecule has 1 heterocycles. The third kappa shape index (κ3) is 6.05. The van der Waals surface area contributed by atoms with E-state index in [2.05, 4.69) is 27.2 Å². The van der Waals surface area contributed by atoms with Crippen molar-refractivity contribution in [3.63, 3.8) is 0 Å². The summed E-state index contributed by atoms with van der Waals surface area (Å²) in [6.07, 6.45) is 3.09. The minimum atomic E-state index is -0.447. The van der Waals surface area contributed by atoms with Crippen LogP contribution in [0.1, 0.15) is 5.56 Å². The number of nitrogens with one attached hydrogen (secondary N) is 1. The van der Waals surface area contributed by atoms with Gasteiger partial charge < -0.3 is 15.0 Å². The highest BCUT2D eigenvalue weighted by atomic mass is 16.6. The zero-order chi connectivity index (χ0) is 21.3. The molecule has 1 saturated heterocycles. The third-order valence-electron chi connectivity index (χ3n) is 5.07. The van der Waals surface area contributed by atoms with E-state index in [1.165, 1.54) is 23.9 Å². The predicted molar refractivity (Wildman–Crippen MR) is 117 cm³/mol. The van der Waals surface area contributed by atoms with Crippen molar-refractivity contribution in [3.8, 4) is 5.75 Å². The van der Waals surface area contributed by atoms with Crippen LogP contribution in [0.3, 0.4) is 0 Å². The molecular weight excluding hydrogens is 384 g/mol. The molecule has 0 spiro atoms. The number of non-ortho nitro benzene ring substituents is 1. The molecule has 2 aromatic rings. The van der Waals surface area contributed by atoms with E-state index in [0.717, 1.165) is 44.0 Å². The van der Waals surface area contributed by atoms with E-state index >= 15 is 0 Å². The zero-order valence-corrected chi connectivity index (χ0v) is 17.0. The number of carbonyl (C=O) groups is 1. The number of hydrogen-bond acceptors (Lipinski definition) is 6. The van der Waals surface area contributed by atoms with E-state index in [-0.39, 0.29) is 11.6 Å². The monoisotopic (exact) mass is 410 g/mol. The average molecular weight is 410 g/mol. The van der Waals surface area contributed by atoms with Crippen molar-refractivity contribution >= 4 is 23.4 Å². The summed E-state index contributed by atoms with van der Waals surface area (Å²) in [7, 11) is 1.66. The number of rotatable bonds is 8. The number of amides is 1. The highest BCUT2D eigenvalue weighted by Gasteiger charge is 2.17. The highest BCUT2D eigenvalue weighted by molar-refractivity contribution is 5.91. The second kappa shape index (κ2) is 10.4. The van der Waals surface area contributed by atoms with Crippen LogP contribution in [0.4, 0.5) is 11.4 Å². The van der Waals surface area contributed by atoms with Gasteiger partial charge in [-0.15, -0.1) is 0 Å². The van der Waals surface area contributed by atoms with E-state index in [1.807, 2.05) is 12.1 Å². The molecule has 0 atom stereocenters. The number of nitro benzene ring substituents is 1. The molecule has 2 aromatic carbocycles. The lowest BCUT2D eigenvalue weighted by molar-refractivity contribution is -0.384. The van der Waals surface area contributed by atoms with Gasteiger partial charge in [0.1, 0.15) is 5.75 Å². The summed E-state index contributed by atoms with van der Waals surface area (Å²) in [5.74, 6) is 0.681. The summed E-state index contributed by atoms with van der Waals surface area (Å²) in [5.41, 5.74) is 1.97. The van der Waals surface area contributed by atoms with E-state index in [1.54, 1.807) is 25.3 Å². The van der Waals surface area contributed by atoms with Crippen molar-refractivity contribution < 1.29 is 14.5 Å². The minimum Gasteiger partial charge on any atom is -0.497 e. The van der Waals surface area contributed by atoms with Crippen LogP contribution in [0, 0.1) is 10.1 Å². The van der Waals surface area contributed by atoms with Crippen molar-refractivity contribution in [2.75, 3.05) is 51.3 Å². The van der Waals surface area contributed by atoms with Gasteiger partial charge in [0.05, 0.1) is 12.0 Å². The maximum atomic E-state index is 12.0. The fourth-order valence-electron chi connectivity index (χ4n) is 3.30. The molecule has 0 bridgehead atoms. The molecule has 1 fully saturated rings. The number of anilines is 1. The van der Waals surface area contributed by atoms with Gasteiger partial charge in [0.25, 0.3) is 5.69 Å². The summed E-state index contributed by atoms with van der Waals surface area (Å²) < 4.78 is 5.20. The summed E-state index contributed by atoms with van der Waals surface area (Å²) in [6.45, 7) is 5.15. The molecule has 0 radical (unpaired) electrons. The smallest absolute Gasteiger partial charge is 0.269 e. The first-order chi connectivity index (χ1) is 14.5. The number of nitro groups is 1. The van der Waals surface area contributed by atoms with Gasteiger partial charge in [-0.2, -0.15) is 0 Å². The molecule has 3 rings (SSSR count). The standard InChI is InChI=1S/C22H26N4O4/c1-30-21-9-7-19(8-10-21)25-16-14-24(15-17-25)13-12-23-22(27)11-4-18-2-5-20(6-3-18)26(28)29/h2-11H,12-17H2,1H3,(H,23,27)/b11-4+. The first-order valence-electron chi connectivity index (χ1n) is 9.87. The van der Waals surface area contributed by atoms with Gasteiger partial charge in [-0.3, -0.25) is 19.8 Å². The Hall–Kier alpha value is -3.39. The SMILES string of the molecule is COc1ccc(N2CCN(CCNC(=O)/C=C/c3ccc([N+](=O)[O-])cc3)CC2)cc1. The van der Waals surface area contributed by atoms with Crippen LogP contribution in [0.2, 0.25) is 0 Å². The van der Waals surface area contributed by atoms with Crippen molar-refractivity contribution in [1.29, 1.82) is 0 Å². The Labute approximate surface area is 175 Å². The number of hydrogen-bond donors (Lipinski definition) is 1. The summed E-state index contributed by atoms with van der Waals surface area (Å²) in [5, 5.41) is 13.5. The van der Waals surface area contributed by atoms with Gasteiger partial charge >= 0.3 is 0 Å². The van der Waals surface area contributed by atoms with Gasteiger partial charge in [-0.25, -0.2) is 0 Å². The Morgan fingerprint density at radius 3 is 2.37 bits per heavy atom. The minimum absolute atomic E-state index is 0.0312. The lowest BCUT2D eigenvalue weighted by Crippen LogP contribution is -2.48. The molecule has 1 N–H and O–H groups in total. The van der Waals surface area contributed by atoms with Crippen molar-refractivity contribution in [1.82, 2.24) is 10.2 Å². The first-order valence-corrected chi connectivity index (χ1v) is 9.87. The topological polar surface area (TPSA) is 88.0 Å². The molecular formula is C22H26N4O4. The van der Waals surface area contributed by atoms with Crippen LogP contribution in [-0.2, 0) is 4.79 Å². The Morgan fingerprint density at radius 1 is 1.10 bits per heavy atom. The lowest BCUT2D eigenvalue weighted by Gasteiger charge is -2.36. The molecule has 1 amide bonds. The van der Waals surface area contributed by atoms with Crippen LogP contribution in [0.25, 0.3) is 6.08 Å². The fraction of sp³-hybridized carbons (Fsp3) is 0.318. The Kier molecular flexibility index (Phi) is 7.40. The summed E-state index contributed by atoms with van der Waals surface area (Å²) >= 11 is 0. The summed E-state index contributed by atoms with van der Waals surface area (Å²) in [4.78, 5) is 26.9. The molecule has 0 aromatic heterocycles. The number of piperazine rings is 1. The Balaban J connectivity index is 1.36. The van der Waals surface area contributed by atoms with E-state index in [4.69, 9.17) is 4.74 Å². The molecule has 1 aliphatic rings. The van der Waals surface area contributed by atoms with Gasteiger partial charge in [0.15, 0.2) is 0 Å². The van der Waals surface area contributed by atoms with Crippen molar-refractivity contribution in [3.05, 3.63) is 70.3 Å². The van der Waals surface area contributed by atoms with E-state index < -0.39 is 4.92 Å². The van der Waals surface area contributed by atoms with Gasteiger partial charge in [-0.1, -0.05) is 0 Å². The van der Waals surface area contributed by atoms with Gasteiger partial charge in [0, 0.05) is 63.2 Å². The van der Waals surface area contributed by atoms with Crippen LogP contribution in [0.5, 0.6) is 5.75 Å². The molecule has 8 nitrogen and oxygen atoms in total. The largest absolute Gasteiger partial charge is 0.497 e. The summed E-state index contributed by atoms with van der Waals surface area (Å²) in [6, 6.07) is 14.2. The fourth-order valence-corrected chi connectivity index (χ4v) is 3.30. The molecule has 0 unspecified atom stereocenters. The lowest BCUT2D eigenvalue weighted by atomic mass is 10.2. The number of nitrogens with zero attached hydrogens (tertiary/aromatic N) is 3. The number of methoxy groups -OCH3 is 1. The van der Waals surface area contributed by atoms with Crippen LogP contribution < -0.4 is 15.0 Å². The molecule has 158 valence electrons. The Bertz CT molecular complexity index is 873. The molecule has 1 aliphatic heterocycles. The van der Waals surface area contributed by atoms with Gasteiger partial charge in [-0.05, 0) is 48.0 Å². The number of ether oxygens (including phenoxy) is 1. The molecule has 30 heavy (non-hydrogen) atoms. The van der Waals surface area contributed by atoms with Crippen LogP contribution in [0.15, 0.2) is 54.6 Å². The average Bonchev–Trinajstić information content (AvgIpc) is 2.78. The van der Waals surface area contributed by atoms with Crippen LogP contribution >= 0.6 is 0 Å². The number of benzene rings is 2. The van der Waals surface area contributed by atoms with Crippen molar-refractivity contribution in [2.24, 2.45) is 0 Å². The predicted octanol–water partition coefficient (Wildman–Crippen LogP) is 2.56. The van der Waals surface area contributed by atoms with E-state index in [9.17, 15) is 14.9 Å². The molecule has 0 aliphatic carbocycles. The number of carbonyl (C=O) groups excluding carboxylic acids is 1. The second-order valence-corrected chi connectivity index (χ2v) is 7.00. The molecule has 0 saturated carbocycles. The van der Waals surface area contributed by atoms with Crippen molar-refractivity contribution in [2.45, 2.75) is 0 Å². The zero-order valence-electron chi connectivity index (χ0n) is 17.0. The normalized spacial score (nSPS) is 14.6. The maximum absolute atomic E-state index is 12.0. The second-order valence-electron chi connectivity index (χ2n) is 7.00. The third-order valence-corrected chi connectivity index (χ3v) is 5.07. The van der Waals surface area contributed by atoms with Crippen LogP contribution in [-0.4, -0.2) is 62.1 Å².